The van der Waals surface area contributed by atoms with Crippen LogP contribution in [0.5, 0.6) is 0 Å². The molecule has 0 spiro atoms. The van der Waals surface area contributed by atoms with Crippen LogP contribution in [-0.2, 0) is 4.74 Å². The highest BCUT2D eigenvalue weighted by Crippen LogP contribution is 2.24. The number of nitrogens with zero attached hydrogens (tertiary/aromatic N) is 1. The van der Waals surface area contributed by atoms with Crippen LogP contribution in [0.3, 0.4) is 0 Å². The van der Waals surface area contributed by atoms with Crippen LogP contribution in [0.2, 0.25) is 0 Å². The molecule has 1 atom stereocenters. The Morgan fingerprint density at radius 1 is 1.56 bits per heavy atom. The fourth-order valence-corrected chi connectivity index (χ4v) is 2.15. The van der Waals surface area contributed by atoms with Crippen LogP contribution in [0.4, 0.5) is 4.39 Å². The first-order chi connectivity index (χ1) is 8.46. The van der Waals surface area contributed by atoms with Crippen molar-refractivity contribution in [2.75, 3.05) is 6.61 Å². The molecule has 0 radical (unpaired) electrons. The summed E-state index contributed by atoms with van der Waals surface area (Å²) < 4.78 is 18.5. The third-order valence-corrected chi connectivity index (χ3v) is 2.98. The highest BCUT2D eigenvalue weighted by molar-refractivity contribution is 5.92. The van der Waals surface area contributed by atoms with Crippen molar-refractivity contribution in [2.45, 2.75) is 38.3 Å². The van der Waals surface area contributed by atoms with E-state index in [4.69, 9.17) is 4.74 Å². The second-order valence-corrected chi connectivity index (χ2v) is 5.12. The minimum absolute atomic E-state index is 0.0475. The van der Waals surface area contributed by atoms with Crippen molar-refractivity contribution in [1.82, 2.24) is 10.3 Å². The maximum Gasteiger partial charge on any atom is 0.270 e. The Hall–Kier alpha value is -1.49. The molecule has 0 saturated carbocycles. The van der Waals surface area contributed by atoms with Gasteiger partial charge >= 0.3 is 0 Å². The third kappa shape index (κ3) is 3.26. The predicted molar refractivity (Wildman–Crippen MR) is 64.7 cm³/mol. The Labute approximate surface area is 106 Å². The van der Waals surface area contributed by atoms with Gasteiger partial charge in [-0.1, -0.05) is 6.07 Å². The number of rotatable bonds is 2. The minimum atomic E-state index is -0.644. The van der Waals surface area contributed by atoms with Gasteiger partial charge in [0.1, 0.15) is 5.69 Å². The molecule has 1 N–H and O–H groups in total. The molecule has 1 aromatic rings. The Kier molecular flexibility index (Phi) is 3.61. The number of nitrogens with one attached hydrogen (secondary N) is 1. The van der Waals surface area contributed by atoms with Gasteiger partial charge in [-0.2, -0.15) is 4.39 Å². The van der Waals surface area contributed by atoms with E-state index in [2.05, 4.69) is 10.3 Å². The molecule has 1 fully saturated rings. The van der Waals surface area contributed by atoms with E-state index in [1.165, 1.54) is 18.2 Å². The summed E-state index contributed by atoms with van der Waals surface area (Å²) in [5, 5.41) is 2.87. The molecule has 0 aromatic carbocycles. The zero-order valence-electron chi connectivity index (χ0n) is 10.6. The van der Waals surface area contributed by atoms with Crippen molar-refractivity contribution < 1.29 is 13.9 Å². The predicted octanol–water partition coefficient (Wildman–Crippen LogP) is 1.91. The van der Waals surface area contributed by atoms with E-state index in [-0.39, 0.29) is 23.2 Å². The Morgan fingerprint density at radius 3 is 3.00 bits per heavy atom. The zero-order valence-corrected chi connectivity index (χ0v) is 10.6. The van der Waals surface area contributed by atoms with Gasteiger partial charge in [0.25, 0.3) is 5.91 Å². The van der Waals surface area contributed by atoms with Crippen LogP contribution in [0.15, 0.2) is 18.2 Å². The van der Waals surface area contributed by atoms with Crippen molar-refractivity contribution in [3.8, 4) is 0 Å². The molecule has 0 aliphatic carbocycles. The van der Waals surface area contributed by atoms with Gasteiger partial charge in [-0.25, -0.2) is 4.98 Å². The summed E-state index contributed by atoms with van der Waals surface area (Å²) in [5.74, 6) is -0.979. The quantitative estimate of drug-likeness (QED) is 0.818. The topological polar surface area (TPSA) is 51.2 Å². The average molecular weight is 252 g/mol. The van der Waals surface area contributed by atoms with Crippen molar-refractivity contribution in [3.05, 3.63) is 29.8 Å². The largest absolute Gasteiger partial charge is 0.375 e. The van der Waals surface area contributed by atoms with E-state index in [1.807, 2.05) is 13.8 Å². The van der Waals surface area contributed by atoms with E-state index in [0.29, 0.717) is 6.61 Å². The number of halogens is 1. The number of amides is 1. The molecule has 0 bridgehead atoms. The van der Waals surface area contributed by atoms with Crippen molar-refractivity contribution in [3.63, 3.8) is 0 Å². The zero-order chi connectivity index (χ0) is 13.2. The molecule has 4 nitrogen and oxygen atoms in total. The van der Waals surface area contributed by atoms with E-state index in [1.54, 1.807) is 0 Å². The molecule has 1 unspecified atom stereocenters. The summed E-state index contributed by atoms with van der Waals surface area (Å²) in [7, 11) is 0. The molecule has 1 aromatic heterocycles. The monoisotopic (exact) mass is 252 g/mol. The summed E-state index contributed by atoms with van der Waals surface area (Å²) in [6.07, 6.45) is 1.51. The molecule has 1 amide bonds. The fourth-order valence-electron chi connectivity index (χ4n) is 2.15. The Morgan fingerprint density at radius 2 is 2.33 bits per heavy atom. The molecule has 2 rings (SSSR count). The maximum absolute atomic E-state index is 12.9. The van der Waals surface area contributed by atoms with E-state index in [9.17, 15) is 9.18 Å². The Bertz CT molecular complexity index is 448. The van der Waals surface area contributed by atoms with Crippen LogP contribution in [0.1, 0.15) is 37.2 Å². The van der Waals surface area contributed by atoms with Gasteiger partial charge in [-0.15, -0.1) is 0 Å². The minimum Gasteiger partial charge on any atom is -0.375 e. The lowest BCUT2D eigenvalue weighted by atomic mass is 9.94. The number of ether oxygens (including phenoxy) is 1. The van der Waals surface area contributed by atoms with Gasteiger partial charge in [0.15, 0.2) is 0 Å². The highest BCUT2D eigenvalue weighted by Gasteiger charge is 2.29. The van der Waals surface area contributed by atoms with Crippen LogP contribution in [0.25, 0.3) is 0 Å². The van der Waals surface area contributed by atoms with E-state index < -0.39 is 5.95 Å². The van der Waals surface area contributed by atoms with Crippen LogP contribution >= 0.6 is 0 Å². The first kappa shape index (κ1) is 13.0. The average Bonchev–Trinajstić information content (AvgIpc) is 2.27. The maximum atomic E-state index is 12.9. The fraction of sp³-hybridized carbons (Fsp3) is 0.538. The van der Waals surface area contributed by atoms with Gasteiger partial charge < -0.3 is 10.1 Å². The summed E-state index contributed by atoms with van der Waals surface area (Å²) in [4.78, 5) is 15.5. The van der Waals surface area contributed by atoms with E-state index in [0.717, 1.165) is 12.8 Å². The molecule has 1 aliphatic rings. The molecule has 5 heteroatoms. The summed E-state index contributed by atoms with van der Waals surface area (Å²) >= 11 is 0. The summed E-state index contributed by atoms with van der Waals surface area (Å²) in [5.41, 5.74) is -0.120. The number of aromatic nitrogens is 1. The Balaban J connectivity index is 1.99. The van der Waals surface area contributed by atoms with Gasteiger partial charge in [-0.3, -0.25) is 4.79 Å². The number of carbonyl (C=O) groups excluding carboxylic acids is 1. The first-order valence-corrected chi connectivity index (χ1v) is 6.04. The first-order valence-electron chi connectivity index (χ1n) is 6.04. The number of pyridine rings is 1. The molecule has 2 heterocycles. The number of hydrogen-bond donors (Lipinski definition) is 1. The lowest BCUT2D eigenvalue weighted by Crippen LogP contribution is -2.46. The normalized spacial score (nSPS) is 22.5. The molecular formula is C13H17FN2O2. The number of carbonyl (C=O) groups is 1. The molecule has 1 aliphatic heterocycles. The second-order valence-electron chi connectivity index (χ2n) is 5.12. The molecule has 98 valence electrons. The van der Waals surface area contributed by atoms with E-state index >= 15 is 0 Å². The second kappa shape index (κ2) is 5.02. The van der Waals surface area contributed by atoms with Crippen LogP contribution < -0.4 is 5.32 Å². The third-order valence-electron chi connectivity index (χ3n) is 2.98. The van der Waals surface area contributed by atoms with Crippen LogP contribution in [0, 0.1) is 5.95 Å². The lowest BCUT2D eigenvalue weighted by molar-refractivity contribution is -0.0615. The van der Waals surface area contributed by atoms with Gasteiger partial charge in [0.2, 0.25) is 5.95 Å². The molecular weight excluding hydrogens is 235 g/mol. The van der Waals surface area contributed by atoms with Crippen molar-refractivity contribution in [1.29, 1.82) is 0 Å². The SMILES string of the molecule is CC1(C)CC(NC(=O)c2cccc(F)n2)CCO1. The lowest BCUT2D eigenvalue weighted by Gasteiger charge is -2.35. The van der Waals surface area contributed by atoms with Gasteiger partial charge in [0.05, 0.1) is 5.60 Å². The van der Waals surface area contributed by atoms with Crippen molar-refractivity contribution in [2.24, 2.45) is 0 Å². The highest BCUT2D eigenvalue weighted by atomic mass is 19.1. The van der Waals surface area contributed by atoms with Gasteiger partial charge in [-0.05, 0) is 38.8 Å². The number of hydrogen-bond acceptors (Lipinski definition) is 3. The standard InChI is InChI=1S/C13H17FN2O2/c1-13(2)8-9(6-7-18-13)15-12(17)10-4-3-5-11(14)16-10/h3-5,9H,6-8H2,1-2H3,(H,15,17). The summed E-state index contributed by atoms with van der Waals surface area (Å²) in [6.45, 7) is 4.60. The van der Waals surface area contributed by atoms with Crippen LogP contribution in [-0.4, -0.2) is 29.1 Å². The molecule has 1 saturated heterocycles. The smallest absolute Gasteiger partial charge is 0.270 e. The van der Waals surface area contributed by atoms with Gasteiger partial charge in [0, 0.05) is 12.6 Å². The summed E-state index contributed by atoms with van der Waals surface area (Å²) in [6, 6.07) is 4.24. The van der Waals surface area contributed by atoms with Crippen molar-refractivity contribution >= 4 is 5.91 Å². The molecule has 18 heavy (non-hydrogen) atoms.